The van der Waals surface area contributed by atoms with Crippen molar-refractivity contribution in [1.29, 1.82) is 0 Å². The molecule has 2 aromatic carbocycles. The molecule has 120 valence electrons. The Labute approximate surface area is 133 Å². The van der Waals surface area contributed by atoms with E-state index in [1.54, 1.807) is 0 Å². The zero-order valence-corrected chi connectivity index (χ0v) is 12.1. The van der Waals surface area contributed by atoms with Crippen LogP contribution in [0.3, 0.4) is 0 Å². The molecule has 0 fully saturated rings. The molecule has 0 aliphatic carbocycles. The number of nitrogens with one attached hydrogen (secondary N) is 1. The number of hydrogen-bond donors (Lipinski definition) is 2. The van der Waals surface area contributed by atoms with Gasteiger partial charge >= 0.3 is 6.18 Å². The Balaban J connectivity index is 2.16. The quantitative estimate of drug-likeness (QED) is 0.818. The number of para-hydroxylation sites is 1. The predicted octanol–water partition coefficient (Wildman–Crippen LogP) is 3.63. The van der Waals surface area contributed by atoms with E-state index in [2.05, 4.69) is 0 Å². The molecule has 23 heavy (non-hydrogen) atoms. The van der Waals surface area contributed by atoms with Crippen molar-refractivity contribution < 1.29 is 27.9 Å². The van der Waals surface area contributed by atoms with Gasteiger partial charge in [0, 0.05) is 5.56 Å². The maximum Gasteiger partial charge on any atom is 0.416 e. The van der Waals surface area contributed by atoms with Gasteiger partial charge in [0.05, 0.1) is 16.1 Å². The van der Waals surface area contributed by atoms with E-state index in [-0.39, 0.29) is 16.1 Å². The van der Waals surface area contributed by atoms with Crippen LogP contribution in [0, 0.1) is 0 Å². The van der Waals surface area contributed by atoms with E-state index >= 15 is 0 Å². The summed E-state index contributed by atoms with van der Waals surface area (Å²) in [6.07, 6.45) is -4.52. The number of carbonyl (C=O) groups is 2. The molecule has 2 N–H and O–H groups in total. The number of aromatic hydroxyl groups is 1. The molecule has 2 amide bonds. The van der Waals surface area contributed by atoms with Gasteiger partial charge in [-0.15, -0.1) is 0 Å². The fourth-order valence-corrected chi connectivity index (χ4v) is 1.93. The first-order chi connectivity index (χ1) is 10.7. The van der Waals surface area contributed by atoms with Crippen LogP contribution >= 0.6 is 11.6 Å². The maximum absolute atomic E-state index is 12.4. The van der Waals surface area contributed by atoms with Crippen LogP contribution in [0.15, 0.2) is 42.5 Å². The van der Waals surface area contributed by atoms with E-state index in [1.165, 1.54) is 18.2 Å². The second-order valence-corrected chi connectivity index (χ2v) is 4.90. The molecular weight excluding hydrogens is 335 g/mol. The van der Waals surface area contributed by atoms with E-state index in [9.17, 15) is 27.9 Å². The Kier molecular flexibility index (Phi) is 4.60. The Morgan fingerprint density at radius 2 is 1.61 bits per heavy atom. The highest BCUT2D eigenvalue weighted by Crippen LogP contribution is 2.29. The minimum absolute atomic E-state index is 0.0698. The first kappa shape index (κ1) is 16.8. The van der Waals surface area contributed by atoms with Gasteiger partial charge in [-0.2, -0.15) is 13.2 Å². The largest absolute Gasteiger partial charge is 0.506 e. The van der Waals surface area contributed by atoms with Crippen LogP contribution in [-0.4, -0.2) is 16.9 Å². The second-order valence-electron chi connectivity index (χ2n) is 4.49. The summed E-state index contributed by atoms with van der Waals surface area (Å²) in [5, 5.41) is 11.5. The molecule has 0 saturated heterocycles. The van der Waals surface area contributed by atoms with E-state index in [1.807, 2.05) is 5.32 Å². The highest BCUT2D eigenvalue weighted by Gasteiger charge is 2.30. The van der Waals surface area contributed by atoms with E-state index in [0.29, 0.717) is 0 Å². The first-order valence-corrected chi connectivity index (χ1v) is 6.58. The van der Waals surface area contributed by atoms with Gasteiger partial charge in [-0.1, -0.05) is 17.7 Å². The molecule has 4 nitrogen and oxygen atoms in total. The summed E-state index contributed by atoms with van der Waals surface area (Å²) in [7, 11) is 0. The van der Waals surface area contributed by atoms with E-state index < -0.39 is 29.3 Å². The number of carbonyl (C=O) groups excluding carboxylic acids is 2. The van der Waals surface area contributed by atoms with Gasteiger partial charge in [0.2, 0.25) is 0 Å². The Bertz CT molecular complexity index is 758. The zero-order valence-electron chi connectivity index (χ0n) is 11.3. The number of imide groups is 1. The van der Waals surface area contributed by atoms with Crippen LogP contribution in [0.5, 0.6) is 5.75 Å². The Morgan fingerprint density at radius 3 is 2.17 bits per heavy atom. The van der Waals surface area contributed by atoms with Crippen LogP contribution in [-0.2, 0) is 6.18 Å². The molecule has 0 bridgehead atoms. The fraction of sp³-hybridized carbons (Fsp3) is 0.0667. The summed E-state index contributed by atoms with van der Waals surface area (Å²) in [5.74, 6) is -2.31. The van der Waals surface area contributed by atoms with Crippen LogP contribution < -0.4 is 5.32 Å². The van der Waals surface area contributed by atoms with Crippen molar-refractivity contribution in [2.24, 2.45) is 0 Å². The molecule has 2 aromatic rings. The minimum atomic E-state index is -4.52. The highest BCUT2D eigenvalue weighted by molar-refractivity contribution is 6.32. The molecule has 0 atom stereocenters. The van der Waals surface area contributed by atoms with Crippen molar-refractivity contribution in [2.75, 3.05) is 0 Å². The summed E-state index contributed by atoms with van der Waals surface area (Å²) in [6, 6.07) is 7.36. The normalized spacial score (nSPS) is 11.1. The van der Waals surface area contributed by atoms with Gasteiger partial charge in [-0.3, -0.25) is 14.9 Å². The molecule has 0 unspecified atom stereocenters. The average Bonchev–Trinajstić information content (AvgIpc) is 2.49. The molecule has 0 aromatic heterocycles. The summed E-state index contributed by atoms with van der Waals surface area (Å²) in [4.78, 5) is 23.8. The molecule has 8 heteroatoms. The number of alkyl halides is 3. The third kappa shape index (κ3) is 3.81. The molecule has 0 spiro atoms. The number of phenolic OH excluding ortho intramolecular Hbond substituents is 1. The van der Waals surface area contributed by atoms with Gasteiger partial charge in [0.25, 0.3) is 11.8 Å². The number of benzene rings is 2. The SMILES string of the molecule is O=C(NC(=O)c1cccc(Cl)c1O)c1ccc(C(F)(F)F)cc1. The molecular formula is C15H9ClF3NO3. The lowest BCUT2D eigenvalue weighted by atomic mass is 10.1. The molecule has 0 heterocycles. The summed E-state index contributed by atoms with van der Waals surface area (Å²) >= 11 is 5.65. The van der Waals surface area contributed by atoms with E-state index in [0.717, 1.165) is 24.3 Å². The fourth-order valence-electron chi connectivity index (χ4n) is 1.75. The molecule has 0 saturated carbocycles. The molecule has 0 aliphatic heterocycles. The van der Waals surface area contributed by atoms with Crippen LogP contribution in [0.1, 0.15) is 26.3 Å². The van der Waals surface area contributed by atoms with Gasteiger partial charge < -0.3 is 5.11 Å². The Morgan fingerprint density at radius 1 is 1.00 bits per heavy atom. The average molecular weight is 344 g/mol. The lowest BCUT2D eigenvalue weighted by Crippen LogP contribution is -2.30. The van der Waals surface area contributed by atoms with Crippen molar-refractivity contribution in [1.82, 2.24) is 5.32 Å². The number of amides is 2. The highest BCUT2D eigenvalue weighted by atomic mass is 35.5. The monoisotopic (exact) mass is 343 g/mol. The van der Waals surface area contributed by atoms with Crippen LogP contribution in [0.4, 0.5) is 13.2 Å². The summed E-state index contributed by atoms with van der Waals surface area (Å²) in [6.45, 7) is 0. The Hall–Kier alpha value is -2.54. The van der Waals surface area contributed by atoms with Gasteiger partial charge in [-0.05, 0) is 36.4 Å². The lowest BCUT2D eigenvalue weighted by molar-refractivity contribution is -0.137. The van der Waals surface area contributed by atoms with Gasteiger partial charge in [0.15, 0.2) is 0 Å². The molecule has 2 rings (SSSR count). The number of hydrogen-bond acceptors (Lipinski definition) is 3. The topological polar surface area (TPSA) is 66.4 Å². The second kappa shape index (κ2) is 6.29. The summed E-state index contributed by atoms with van der Waals surface area (Å²) < 4.78 is 37.3. The maximum atomic E-state index is 12.4. The van der Waals surface area contributed by atoms with Crippen molar-refractivity contribution in [3.8, 4) is 5.75 Å². The number of halogens is 4. The van der Waals surface area contributed by atoms with Crippen molar-refractivity contribution in [3.63, 3.8) is 0 Å². The molecule has 0 aliphatic rings. The number of phenols is 1. The van der Waals surface area contributed by atoms with Gasteiger partial charge in [-0.25, -0.2) is 0 Å². The zero-order chi connectivity index (χ0) is 17.2. The molecule has 0 radical (unpaired) electrons. The van der Waals surface area contributed by atoms with Crippen molar-refractivity contribution >= 4 is 23.4 Å². The minimum Gasteiger partial charge on any atom is -0.506 e. The van der Waals surface area contributed by atoms with Crippen LogP contribution in [0.2, 0.25) is 5.02 Å². The van der Waals surface area contributed by atoms with Crippen molar-refractivity contribution in [2.45, 2.75) is 6.18 Å². The summed E-state index contributed by atoms with van der Waals surface area (Å²) in [5.41, 5.74) is -1.27. The third-order valence-electron chi connectivity index (χ3n) is 2.93. The van der Waals surface area contributed by atoms with Crippen LogP contribution in [0.25, 0.3) is 0 Å². The van der Waals surface area contributed by atoms with E-state index in [4.69, 9.17) is 11.6 Å². The van der Waals surface area contributed by atoms with Crippen molar-refractivity contribution in [3.05, 3.63) is 64.2 Å². The third-order valence-corrected chi connectivity index (χ3v) is 3.24. The standard InChI is InChI=1S/C15H9ClF3NO3/c16-11-3-1-2-10(12(11)21)14(23)20-13(22)8-4-6-9(7-5-8)15(17,18)19/h1-7,21H,(H,20,22,23). The number of rotatable bonds is 2. The first-order valence-electron chi connectivity index (χ1n) is 6.20. The van der Waals surface area contributed by atoms with Gasteiger partial charge in [0.1, 0.15) is 5.75 Å². The predicted molar refractivity (Wildman–Crippen MR) is 76.4 cm³/mol. The smallest absolute Gasteiger partial charge is 0.416 e. The lowest BCUT2D eigenvalue weighted by Gasteiger charge is -2.09.